The van der Waals surface area contributed by atoms with Gasteiger partial charge in [-0.1, -0.05) is 145 Å². The van der Waals surface area contributed by atoms with E-state index in [1.54, 1.807) is 24.3 Å². The lowest BCUT2D eigenvalue weighted by molar-refractivity contribution is 0.00377. The number of sulfone groups is 2. The number of benzene rings is 2. The van der Waals surface area contributed by atoms with E-state index in [-0.39, 0.29) is 34.5 Å². The molecule has 10 heteroatoms. The predicted molar refractivity (Wildman–Crippen MR) is 200 cm³/mol. The van der Waals surface area contributed by atoms with E-state index in [2.05, 4.69) is 18.6 Å². The van der Waals surface area contributed by atoms with Gasteiger partial charge < -0.3 is 15.0 Å². The third-order valence-corrected chi connectivity index (χ3v) is 12.9. The van der Waals surface area contributed by atoms with Gasteiger partial charge in [0.25, 0.3) is 19.7 Å². The Morgan fingerprint density at radius 1 is 0.571 bits per heavy atom. The molecule has 0 unspecified atom stereocenters. The van der Waals surface area contributed by atoms with Gasteiger partial charge in [0.15, 0.2) is 0 Å². The first-order valence-electron chi connectivity index (χ1n) is 18.3. The zero-order valence-corrected chi connectivity index (χ0v) is 33.1. The van der Waals surface area contributed by atoms with E-state index in [0.717, 1.165) is 51.4 Å². The van der Waals surface area contributed by atoms with Gasteiger partial charge >= 0.3 is 4.38 Å². The fourth-order valence-electron chi connectivity index (χ4n) is 5.53. The van der Waals surface area contributed by atoms with Gasteiger partial charge in [-0.25, -0.2) is 16.8 Å². The van der Waals surface area contributed by atoms with Crippen molar-refractivity contribution in [3.05, 3.63) is 53.1 Å². The Labute approximate surface area is 297 Å². The first kappa shape index (κ1) is 42.5. The van der Waals surface area contributed by atoms with Crippen molar-refractivity contribution in [2.75, 3.05) is 13.2 Å². The van der Waals surface area contributed by atoms with Gasteiger partial charge in [0, 0.05) is 0 Å². The SMILES string of the molecule is CCCCCCCCCOc1ccc(C(C)(C)C)cc1S(=O)(=O)C(=[N+]=[N-])S(=O)(=O)c1cc(C(C)(C)C)ccc1OCCCCCCCCC. The second kappa shape index (κ2) is 19.6. The highest BCUT2D eigenvalue weighted by molar-refractivity contribution is 8.31. The molecule has 0 fully saturated rings. The summed E-state index contributed by atoms with van der Waals surface area (Å²) in [4.78, 5) is 2.27. The Morgan fingerprint density at radius 3 is 1.20 bits per heavy atom. The molecule has 0 aliphatic heterocycles. The number of ether oxygens (including phenoxy) is 2. The first-order chi connectivity index (χ1) is 23.0. The van der Waals surface area contributed by atoms with Crippen LogP contribution in [0.3, 0.4) is 0 Å². The molecule has 0 atom stereocenters. The van der Waals surface area contributed by atoms with E-state index in [1.807, 2.05) is 41.5 Å². The van der Waals surface area contributed by atoms with Crippen LogP contribution in [0.4, 0.5) is 0 Å². The standard InChI is InChI=1S/C39H62N2O6S2/c1-9-11-13-15-17-19-21-27-46-33-25-23-31(38(3,4)5)29-35(33)48(42,43)37(41-40)49(44,45)36-30-32(39(6,7)8)24-26-34(36)47-28-22-20-18-16-14-12-10-2/h23-26,29-30H,9-22,27-28H2,1-8H3. The van der Waals surface area contributed by atoms with Gasteiger partial charge in [0.2, 0.25) is 0 Å². The largest absolute Gasteiger partial charge is 0.504 e. The van der Waals surface area contributed by atoms with E-state index in [0.29, 0.717) is 11.1 Å². The van der Waals surface area contributed by atoms with Gasteiger partial charge in [0.05, 0.1) is 13.2 Å². The van der Waals surface area contributed by atoms with Crippen molar-refractivity contribution in [3.63, 3.8) is 0 Å². The van der Waals surface area contributed by atoms with Crippen molar-refractivity contribution >= 4 is 24.1 Å². The minimum absolute atomic E-state index is 0.0224. The summed E-state index contributed by atoms with van der Waals surface area (Å²) in [6.07, 6.45) is 14.9. The number of nitrogens with zero attached hydrogens (tertiary/aromatic N) is 2. The van der Waals surface area contributed by atoms with Gasteiger partial charge in [-0.3, -0.25) is 0 Å². The lowest BCUT2D eigenvalue weighted by Gasteiger charge is -2.22. The van der Waals surface area contributed by atoms with Gasteiger partial charge in [-0.05, 0) is 59.1 Å². The molecule has 8 nitrogen and oxygen atoms in total. The molecule has 0 radical (unpaired) electrons. The van der Waals surface area contributed by atoms with Gasteiger partial charge in [0.1, 0.15) is 21.3 Å². The molecule has 276 valence electrons. The first-order valence-corrected chi connectivity index (χ1v) is 21.2. The Hall–Kier alpha value is -2.68. The van der Waals surface area contributed by atoms with Crippen molar-refractivity contribution in [1.82, 2.24) is 0 Å². The Morgan fingerprint density at radius 2 is 0.898 bits per heavy atom. The molecule has 0 aromatic heterocycles. The third-order valence-electron chi connectivity index (χ3n) is 8.75. The summed E-state index contributed by atoms with van der Waals surface area (Å²) < 4.78 is 67.9. The molecule has 0 saturated carbocycles. The average Bonchev–Trinajstić information content (AvgIpc) is 3.02. The number of unbranched alkanes of at least 4 members (excludes halogenated alkanes) is 12. The zero-order chi connectivity index (χ0) is 36.7. The molecule has 0 aliphatic rings. The van der Waals surface area contributed by atoms with E-state index in [9.17, 15) is 22.4 Å². The van der Waals surface area contributed by atoms with Crippen LogP contribution in [-0.2, 0) is 30.5 Å². The summed E-state index contributed by atoms with van der Waals surface area (Å²) in [5.41, 5.74) is 10.6. The van der Waals surface area contributed by atoms with Crippen molar-refractivity contribution in [2.45, 2.75) is 166 Å². The molecule has 0 heterocycles. The predicted octanol–water partition coefficient (Wildman–Crippen LogP) is 10.4. The fourth-order valence-corrected chi connectivity index (χ4v) is 9.16. The van der Waals surface area contributed by atoms with Gasteiger partial charge in [-0.2, -0.15) is 0 Å². The molecular weight excluding hydrogens is 657 g/mol. The molecule has 2 rings (SSSR count). The van der Waals surface area contributed by atoms with E-state index in [4.69, 9.17) is 9.47 Å². The van der Waals surface area contributed by atoms with Crippen molar-refractivity contribution < 1.29 is 31.1 Å². The van der Waals surface area contributed by atoms with Crippen molar-refractivity contribution in [1.29, 1.82) is 0 Å². The summed E-state index contributed by atoms with van der Waals surface area (Å²) in [5, 5.41) is 0. The maximum atomic E-state index is 14.3. The van der Waals surface area contributed by atoms with Crippen LogP contribution in [-0.4, -0.2) is 39.2 Å². The topological polar surface area (TPSA) is 123 Å². The maximum Gasteiger partial charge on any atom is 0.504 e. The summed E-state index contributed by atoms with van der Waals surface area (Å²) >= 11 is 0. The monoisotopic (exact) mass is 718 g/mol. The summed E-state index contributed by atoms with van der Waals surface area (Å²) in [5.74, 6) is 0.0448. The van der Waals surface area contributed by atoms with Crippen LogP contribution in [0.2, 0.25) is 0 Å². The highest BCUT2D eigenvalue weighted by atomic mass is 32.3. The van der Waals surface area contributed by atoms with Crippen LogP contribution in [0.1, 0.15) is 156 Å². The lowest BCUT2D eigenvalue weighted by atomic mass is 9.87. The molecular formula is C39H62N2O6S2. The Kier molecular flexibility index (Phi) is 17.0. The second-order valence-electron chi connectivity index (χ2n) is 15.1. The average molecular weight is 719 g/mol. The summed E-state index contributed by atoms with van der Waals surface area (Å²) in [6.45, 7) is 16.5. The Balaban J connectivity index is 2.48. The Bertz CT molecular complexity index is 1480. The molecule has 0 N–H and O–H groups in total. The quantitative estimate of drug-likeness (QED) is 0.0441. The molecule has 2 aromatic rings. The summed E-state index contributed by atoms with van der Waals surface area (Å²) in [6, 6.07) is 9.55. The van der Waals surface area contributed by atoms with Crippen molar-refractivity contribution in [3.8, 4) is 11.5 Å². The normalized spacial score (nSPS) is 12.5. The summed E-state index contributed by atoms with van der Waals surface area (Å²) in [7, 11) is -9.80. The van der Waals surface area contributed by atoms with E-state index >= 15 is 0 Å². The molecule has 0 spiro atoms. The van der Waals surface area contributed by atoms with Crippen LogP contribution in [0.15, 0.2) is 46.2 Å². The highest BCUT2D eigenvalue weighted by Crippen LogP contribution is 2.36. The second-order valence-corrected chi connectivity index (χ2v) is 19.1. The molecule has 0 bridgehead atoms. The molecule has 0 saturated heterocycles. The minimum atomic E-state index is -4.90. The van der Waals surface area contributed by atoms with Crippen molar-refractivity contribution in [2.24, 2.45) is 0 Å². The lowest BCUT2D eigenvalue weighted by Crippen LogP contribution is -2.28. The fraction of sp³-hybridized carbons (Fsp3) is 0.667. The molecule has 0 aliphatic carbocycles. The minimum Gasteiger partial charge on any atom is -0.492 e. The van der Waals surface area contributed by atoms with Crippen LogP contribution in [0.25, 0.3) is 5.53 Å². The maximum absolute atomic E-state index is 14.3. The number of rotatable bonds is 20. The van der Waals surface area contributed by atoms with E-state index in [1.165, 1.54) is 50.7 Å². The van der Waals surface area contributed by atoms with E-state index < -0.39 is 34.9 Å². The van der Waals surface area contributed by atoms with Crippen LogP contribution in [0, 0.1) is 0 Å². The third kappa shape index (κ3) is 12.9. The molecule has 2 aromatic carbocycles. The molecule has 0 amide bonds. The number of hydrogen-bond donors (Lipinski definition) is 0. The van der Waals surface area contributed by atoms with Gasteiger partial charge in [-0.15, -0.1) is 4.79 Å². The van der Waals surface area contributed by atoms with Crippen LogP contribution in [0.5, 0.6) is 11.5 Å². The highest BCUT2D eigenvalue weighted by Gasteiger charge is 2.47. The smallest absolute Gasteiger partial charge is 0.492 e. The number of hydrogen-bond acceptors (Lipinski definition) is 6. The molecule has 49 heavy (non-hydrogen) atoms. The zero-order valence-electron chi connectivity index (χ0n) is 31.4. The van der Waals surface area contributed by atoms with Crippen LogP contribution < -0.4 is 9.47 Å². The van der Waals surface area contributed by atoms with Crippen LogP contribution >= 0.6 is 0 Å².